The van der Waals surface area contributed by atoms with Gasteiger partial charge in [-0.1, -0.05) is 6.92 Å². The third-order valence-corrected chi connectivity index (χ3v) is 3.67. The lowest BCUT2D eigenvalue weighted by molar-refractivity contribution is 0.115. The molecule has 0 spiro atoms. The second-order valence-corrected chi connectivity index (χ2v) is 4.90. The number of ether oxygens (including phenoxy) is 1. The van der Waals surface area contributed by atoms with Crippen LogP contribution >= 0.6 is 0 Å². The van der Waals surface area contributed by atoms with Crippen molar-refractivity contribution >= 4 is 0 Å². The van der Waals surface area contributed by atoms with Crippen molar-refractivity contribution < 1.29 is 4.74 Å². The molecule has 2 aliphatic rings. The van der Waals surface area contributed by atoms with E-state index in [4.69, 9.17) is 10.5 Å². The maximum atomic E-state index is 5.95. The lowest BCUT2D eigenvalue weighted by atomic mass is 9.97. The van der Waals surface area contributed by atoms with Crippen molar-refractivity contribution in [3.63, 3.8) is 0 Å². The zero-order chi connectivity index (χ0) is 10.7. The lowest BCUT2D eigenvalue weighted by Crippen LogP contribution is -2.47. The van der Waals surface area contributed by atoms with Gasteiger partial charge in [0.2, 0.25) is 0 Å². The van der Waals surface area contributed by atoms with Crippen LogP contribution in [0.3, 0.4) is 0 Å². The molecule has 3 heteroatoms. The van der Waals surface area contributed by atoms with Gasteiger partial charge in [0.05, 0.1) is 6.61 Å². The van der Waals surface area contributed by atoms with E-state index in [1.807, 2.05) is 0 Å². The van der Waals surface area contributed by atoms with Crippen LogP contribution in [-0.4, -0.2) is 43.3 Å². The van der Waals surface area contributed by atoms with Gasteiger partial charge in [-0.2, -0.15) is 0 Å². The topological polar surface area (TPSA) is 38.5 Å². The van der Waals surface area contributed by atoms with Gasteiger partial charge in [-0.15, -0.1) is 0 Å². The first-order valence-corrected chi connectivity index (χ1v) is 6.40. The Kier molecular flexibility index (Phi) is 4.00. The summed E-state index contributed by atoms with van der Waals surface area (Å²) < 4.78 is 5.49. The molecule has 0 aromatic rings. The minimum atomic E-state index is 0.569. The SMILES string of the molecule is CCCN(C1CC1)C(CN)C1CCOC1. The van der Waals surface area contributed by atoms with E-state index in [1.165, 1.54) is 32.2 Å². The zero-order valence-electron chi connectivity index (χ0n) is 9.82. The number of rotatable bonds is 6. The van der Waals surface area contributed by atoms with E-state index in [2.05, 4.69) is 11.8 Å². The maximum Gasteiger partial charge on any atom is 0.0510 e. The first kappa shape index (κ1) is 11.4. The monoisotopic (exact) mass is 212 g/mol. The van der Waals surface area contributed by atoms with Gasteiger partial charge in [0, 0.05) is 31.2 Å². The lowest BCUT2D eigenvalue weighted by Gasteiger charge is -2.34. The van der Waals surface area contributed by atoms with Crippen LogP contribution in [0.4, 0.5) is 0 Å². The Labute approximate surface area is 93.0 Å². The van der Waals surface area contributed by atoms with Crippen LogP contribution in [0.15, 0.2) is 0 Å². The van der Waals surface area contributed by atoms with Crippen molar-refractivity contribution in [1.29, 1.82) is 0 Å². The summed E-state index contributed by atoms with van der Waals surface area (Å²) in [5.74, 6) is 0.683. The van der Waals surface area contributed by atoms with Gasteiger partial charge in [0.1, 0.15) is 0 Å². The molecule has 0 amide bonds. The zero-order valence-corrected chi connectivity index (χ0v) is 9.82. The Morgan fingerprint density at radius 1 is 1.40 bits per heavy atom. The van der Waals surface area contributed by atoms with Crippen molar-refractivity contribution in [2.75, 3.05) is 26.3 Å². The van der Waals surface area contributed by atoms with Gasteiger partial charge in [-0.05, 0) is 32.2 Å². The summed E-state index contributed by atoms with van der Waals surface area (Å²) in [4.78, 5) is 2.65. The fourth-order valence-electron chi connectivity index (χ4n) is 2.74. The van der Waals surface area contributed by atoms with Gasteiger partial charge in [0.25, 0.3) is 0 Å². The van der Waals surface area contributed by atoms with Crippen molar-refractivity contribution in [2.45, 2.75) is 44.7 Å². The molecule has 0 bridgehead atoms. The quantitative estimate of drug-likeness (QED) is 0.719. The minimum Gasteiger partial charge on any atom is -0.381 e. The summed E-state index contributed by atoms with van der Waals surface area (Å²) in [5, 5.41) is 0. The van der Waals surface area contributed by atoms with E-state index in [1.54, 1.807) is 0 Å². The summed E-state index contributed by atoms with van der Waals surface area (Å²) in [6.45, 7) is 6.13. The molecule has 0 aromatic carbocycles. The summed E-state index contributed by atoms with van der Waals surface area (Å²) in [7, 11) is 0. The van der Waals surface area contributed by atoms with Crippen molar-refractivity contribution in [2.24, 2.45) is 11.7 Å². The second-order valence-electron chi connectivity index (χ2n) is 4.90. The van der Waals surface area contributed by atoms with Crippen LogP contribution in [0.2, 0.25) is 0 Å². The average molecular weight is 212 g/mol. The van der Waals surface area contributed by atoms with E-state index in [0.717, 1.165) is 25.8 Å². The highest BCUT2D eigenvalue weighted by atomic mass is 16.5. The van der Waals surface area contributed by atoms with E-state index < -0.39 is 0 Å². The molecular formula is C12H24N2O. The molecule has 1 saturated heterocycles. The third kappa shape index (κ3) is 2.71. The Hall–Kier alpha value is -0.120. The van der Waals surface area contributed by atoms with Crippen molar-refractivity contribution in [3.8, 4) is 0 Å². The van der Waals surface area contributed by atoms with Crippen LogP contribution in [0, 0.1) is 5.92 Å². The Morgan fingerprint density at radius 3 is 2.67 bits per heavy atom. The number of nitrogens with two attached hydrogens (primary N) is 1. The normalized spacial score (nSPS) is 28.6. The highest BCUT2D eigenvalue weighted by Gasteiger charge is 2.37. The van der Waals surface area contributed by atoms with Gasteiger partial charge >= 0.3 is 0 Å². The van der Waals surface area contributed by atoms with E-state index >= 15 is 0 Å². The summed E-state index contributed by atoms with van der Waals surface area (Å²) in [6, 6.07) is 1.40. The molecule has 2 N–H and O–H groups in total. The first-order chi connectivity index (χ1) is 7.36. The second kappa shape index (κ2) is 5.28. The van der Waals surface area contributed by atoms with E-state index in [9.17, 15) is 0 Å². The van der Waals surface area contributed by atoms with Gasteiger partial charge in [-0.25, -0.2) is 0 Å². The van der Waals surface area contributed by atoms with E-state index in [0.29, 0.717) is 12.0 Å². The Balaban J connectivity index is 1.94. The Morgan fingerprint density at radius 2 is 2.20 bits per heavy atom. The fourth-order valence-corrected chi connectivity index (χ4v) is 2.74. The molecule has 88 valence electrons. The first-order valence-electron chi connectivity index (χ1n) is 6.40. The molecule has 1 aliphatic heterocycles. The van der Waals surface area contributed by atoms with Gasteiger partial charge in [-0.3, -0.25) is 4.90 Å². The van der Waals surface area contributed by atoms with Crippen LogP contribution < -0.4 is 5.73 Å². The predicted octanol–water partition coefficient (Wildman–Crippen LogP) is 1.22. The fraction of sp³-hybridized carbons (Fsp3) is 1.00. The van der Waals surface area contributed by atoms with Gasteiger partial charge in [0.15, 0.2) is 0 Å². The van der Waals surface area contributed by atoms with Crippen LogP contribution in [0.1, 0.15) is 32.6 Å². The molecule has 1 heterocycles. The van der Waals surface area contributed by atoms with Crippen LogP contribution in [0.5, 0.6) is 0 Å². The average Bonchev–Trinajstić information content (AvgIpc) is 2.96. The molecule has 3 nitrogen and oxygen atoms in total. The van der Waals surface area contributed by atoms with E-state index in [-0.39, 0.29) is 0 Å². The predicted molar refractivity (Wildman–Crippen MR) is 61.8 cm³/mol. The summed E-state index contributed by atoms with van der Waals surface area (Å²) >= 11 is 0. The molecule has 2 fully saturated rings. The smallest absolute Gasteiger partial charge is 0.0510 e. The number of hydrogen-bond donors (Lipinski definition) is 1. The van der Waals surface area contributed by atoms with Crippen LogP contribution in [-0.2, 0) is 4.74 Å². The molecule has 0 aromatic heterocycles. The molecule has 1 aliphatic carbocycles. The highest BCUT2D eigenvalue weighted by molar-refractivity contribution is 4.92. The molecule has 2 rings (SSSR count). The minimum absolute atomic E-state index is 0.569. The molecule has 0 radical (unpaired) electrons. The number of hydrogen-bond acceptors (Lipinski definition) is 3. The standard InChI is InChI=1S/C12H24N2O/c1-2-6-14(11-3-4-11)12(8-13)10-5-7-15-9-10/h10-12H,2-9,13H2,1H3. The largest absolute Gasteiger partial charge is 0.381 e. The third-order valence-electron chi connectivity index (χ3n) is 3.67. The van der Waals surface area contributed by atoms with Crippen molar-refractivity contribution in [1.82, 2.24) is 4.90 Å². The molecule has 2 atom stereocenters. The highest BCUT2D eigenvalue weighted by Crippen LogP contribution is 2.32. The molecule has 2 unspecified atom stereocenters. The summed E-state index contributed by atoms with van der Waals surface area (Å²) in [6.07, 6.45) is 5.20. The molecule has 1 saturated carbocycles. The van der Waals surface area contributed by atoms with Crippen LogP contribution in [0.25, 0.3) is 0 Å². The number of nitrogens with zero attached hydrogens (tertiary/aromatic N) is 1. The summed E-state index contributed by atoms with van der Waals surface area (Å²) in [5.41, 5.74) is 5.95. The van der Waals surface area contributed by atoms with Crippen molar-refractivity contribution in [3.05, 3.63) is 0 Å². The maximum absolute atomic E-state index is 5.95. The van der Waals surface area contributed by atoms with Gasteiger partial charge < -0.3 is 10.5 Å². The molecular weight excluding hydrogens is 188 g/mol. The Bertz CT molecular complexity index is 188. The molecule has 15 heavy (non-hydrogen) atoms.